The molecule has 26 heavy (non-hydrogen) atoms. The molecule has 6 heteroatoms. The van der Waals surface area contributed by atoms with Crippen LogP contribution in [0.5, 0.6) is 5.88 Å². The molecule has 4 rings (SSSR count). The minimum absolute atomic E-state index is 0.0174. The third-order valence-electron chi connectivity index (χ3n) is 4.46. The number of nitrogens with one attached hydrogen (secondary N) is 1. The SMILES string of the molecule is Cc1ccc(-c2[nH]nc3c2[C@H](c2cccc(F)c2)C(C#N)=C(N)O3)cc1. The maximum Gasteiger partial charge on any atom is 0.244 e. The van der Waals surface area contributed by atoms with Gasteiger partial charge in [0, 0.05) is 5.56 Å². The zero-order chi connectivity index (χ0) is 18.3. The average Bonchev–Trinajstić information content (AvgIpc) is 3.04. The summed E-state index contributed by atoms with van der Waals surface area (Å²) in [5.41, 5.74) is 10.2. The molecule has 2 heterocycles. The van der Waals surface area contributed by atoms with Crippen LogP contribution < -0.4 is 10.5 Å². The Morgan fingerprint density at radius 1 is 1.23 bits per heavy atom. The molecule has 2 aromatic carbocycles. The summed E-state index contributed by atoms with van der Waals surface area (Å²) in [6, 6.07) is 16.1. The summed E-state index contributed by atoms with van der Waals surface area (Å²) in [5.74, 6) is -0.663. The number of hydrogen-bond acceptors (Lipinski definition) is 4. The molecular formula is C20H15FN4O. The van der Waals surface area contributed by atoms with E-state index in [9.17, 15) is 9.65 Å². The number of rotatable bonds is 2. The van der Waals surface area contributed by atoms with Crippen molar-refractivity contribution < 1.29 is 9.13 Å². The number of fused-ring (bicyclic) bond motifs is 1. The van der Waals surface area contributed by atoms with E-state index < -0.39 is 5.92 Å². The second-order valence-electron chi connectivity index (χ2n) is 6.16. The zero-order valence-corrected chi connectivity index (χ0v) is 14.0. The third kappa shape index (κ3) is 2.50. The van der Waals surface area contributed by atoms with Gasteiger partial charge in [0.15, 0.2) is 0 Å². The number of benzene rings is 2. The molecule has 3 N–H and O–H groups in total. The second-order valence-corrected chi connectivity index (χ2v) is 6.16. The van der Waals surface area contributed by atoms with E-state index in [1.807, 2.05) is 31.2 Å². The lowest BCUT2D eigenvalue weighted by Crippen LogP contribution is -2.21. The number of hydrogen-bond donors (Lipinski definition) is 2. The number of halogens is 1. The summed E-state index contributed by atoms with van der Waals surface area (Å²) < 4.78 is 19.4. The Kier molecular flexibility index (Phi) is 3.70. The lowest BCUT2D eigenvalue weighted by atomic mass is 9.83. The number of aromatic nitrogens is 2. The highest BCUT2D eigenvalue weighted by Crippen LogP contribution is 2.45. The summed E-state index contributed by atoms with van der Waals surface area (Å²) in [5, 5.41) is 16.8. The first kappa shape index (κ1) is 15.9. The Balaban J connectivity index is 1.95. The highest BCUT2D eigenvalue weighted by atomic mass is 19.1. The largest absolute Gasteiger partial charge is 0.420 e. The minimum Gasteiger partial charge on any atom is -0.420 e. The minimum atomic E-state index is -0.561. The lowest BCUT2D eigenvalue weighted by Gasteiger charge is -2.24. The normalized spacial score (nSPS) is 16.0. The van der Waals surface area contributed by atoms with Gasteiger partial charge in [-0.1, -0.05) is 42.0 Å². The van der Waals surface area contributed by atoms with Crippen molar-refractivity contribution >= 4 is 0 Å². The highest BCUT2D eigenvalue weighted by molar-refractivity contribution is 5.71. The van der Waals surface area contributed by atoms with Crippen LogP contribution in [0.3, 0.4) is 0 Å². The molecule has 0 fully saturated rings. The third-order valence-corrected chi connectivity index (χ3v) is 4.46. The summed E-state index contributed by atoms with van der Waals surface area (Å²) >= 11 is 0. The quantitative estimate of drug-likeness (QED) is 0.740. The van der Waals surface area contributed by atoms with E-state index in [2.05, 4.69) is 16.3 Å². The molecule has 0 bridgehead atoms. The Bertz CT molecular complexity index is 1060. The highest BCUT2D eigenvalue weighted by Gasteiger charge is 2.35. The van der Waals surface area contributed by atoms with Gasteiger partial charge >= 0.3 is 0 Å². The van der Waals surface area contributed by atoms with Crippen LogP contribution in [0.1, 0.15) is 22.6 Å². The Morgan fingerprint density at radius 2 is 2.00 bits per heavy atom. The van der Waals surface area contributed by atoms with E-state index in [4.69, 9.17) is 10.5 Å². The number of aryl methyl sites for hydroxylation is 1. The van der Waals surface area contributed by atoms with Gasteiger partial charge in [-0.2, -0.15) is 5.26 Å². The van der Waals surface area contributed by atoms with E-state index >= 15 is 0 Å². The molecule has 1 aromatic heterocycles. The van der Waals surface area contributed by atoms with Gasteiger partial charge < -0.3 is 10.5 Å². The molecule has 1 atom stereocenters. The number of allylic oxidation sites excluding steroid dienone is 1. The standard InChI is InChI=1S/C20H15FN4O/c1-11-5-7-12(8-6-11)18-17-16(13-3-2-4-14(21)9-13)15(10-22)19(23)26-20(17)25-24-18/h2-9,16H,23H2,1H3,(H,24,25)/t16-/m1/s1. The van der Waals surface area contributed by atoms with Crippen LogP contribution in [-0.4, -0.2) is 10.2 Å². The summed E-state index contributed by atoms with van der Waals surface area (Å²) in [7, 11) is 0. The molecule has 0 spiro atoms. The van der Waals surface area contributed by atoms with Crippen LogP contribution in [-0.2, 0) is 0 Å². The molecule has 0 amide bonds. The van der Waals surface area contributed by atoms with Gasteiger partial charge in [0.05, 0.1) is 17.2 Å². The summed E-state index contributed by atoms with van der Waals surface area (Å²) in [6.07, 6.45) is 0. The van der Waals surface area contributed by atoms with Gasteiger partial charge in [0.1, 0.15) is 17.5 Å². The first-order valence-corrected chi connectivity index (χ1v) is 8.07. The van der Waals surface area contributed by atoms with Crippen LogP contribution in [0.4, 0.5) is 4.39 Å². The fourth-order valence-electron chi connectivity index (χ4n) is 3.20. The van der Waals surface area contributed by atoms with Crippen molar-refractivity contribution in [3.63, 3.8) is 0 Å². The molecule has 1 aliphatic rings. The van der Waals surface area contributed by atoms with Crippen molar-refractivity contribution in [1.82, 2.24) is 10.2 Å². The van der Waals surface area contributed by atoms with Gasteiger partial charge in [-0.15, -0.1) is 5.10 Å². The summed E-state index contributed by atoms with van der Waals surface area (Å²) in [6.45, 7) is 2.00. The lowest BCUT2D eigenvalue weighted by molar-refractivity contribution is 0.379. The van der Waals surface area contributed by atoms with Gasteiger partial charge in [-0.05, 0) is 24.6 Å². The average molecular weight is 346 g/mol. The van der Waals surface area contributed by atoms with Crippen LogP contribution >= 0.6 is 0 Å². The summed E-state index contributed by atoms with van der Waals surface area (Å²) in [4.78, 5) is 0. The molecular weight excluding hydrogens is 331 g/mol. The fourth-order valence-corrected chi connectivity index (χ4v) is 3.20. The fraction of sp³-hybridized carbons (Fsp3) is 0.100. The number of H-pyrrole nitrogens is 1. The van der Waals surface area contributed by atoms with Gasteiger partial charge in [-0.3, -0.25) is 5.10 Å². The van der Waals surface area contributed by atoms with Crippen molar-refractivity contribution in [3.05, 3.63) is 82.5 Å². The molecule has 0 unspecified atom stereocenters. The number of nitrogens with zero attached hydrogens (tertiary/aromatic N) is 2. The van der Waals surface area contributed by atoms with Crippen molar-refractivity contribution in [2.75, 3.05) is 0 Å². The van der Waals surface area contributed by atoms with Crippen molar-refractivity contribution in [1.29, 1.82) is 5.26 Å². The molecule has 3 aromatic rings. The van der Waals surface area contributed by atoms with E-state index in [0.29, 0.717) is 17.0 Å². The molecule has 0 saturated carbocycles. The Hall–Kier alpha value is -3.59. The number of nitriles is 1. The van der Waals surface area contributed by atoms with Crippen LogP contribution in [0, 0.1) is 24.1 Å². The molecule has 128 valence electrons. The Labute approximate surface area is 149 Å². The van der Waals surface area contributed by atoms with Crippen molar-refractivity contribution in [2.45, 2.75) is 12.8 Å². The predicted octanol–water partition coefficient (Wildman–Crippen LogP) is 3.74. The van der Waals surface area contributed by atoms with Crippen molar-refractivity contribution in [2.24, 2.45) is 5.73 Å². The number of aromatic amines is 1. The molecule has 0 saturated heterocycles. The van der Waals surface area contributed by atoms with E-state index in [-0.39, 0.29) is 17.3 Å². The molecule has 0 radical (unpaired) electrons. The first-order chi connectivity index (χ1) is 12.6. The van der Waals surface area contributed by atoms with E-state index in [0.717, 1.165) is 16.8 Å². The topological polar surface area (TPSA) is 87.7 Å². The van der Waals surface area contributed by atoms with Gasteiger partial charge in [0.2, 0.25) is 11.8 Å². The zero-order valence-electron chi connectivity index (χ0n) is 14.0. The Morgan fingerprint density at radius 3 is 2.69 bits per heavy atom. The van der Waals surface area contributed by atoms with Gasteiger partial charge in [-0.25, -0.2) is 4.39 Å². The molecule has 5 nitrogen and oxygen atoms in total. The smallest absolute Gasteiger partial charge is 0.244 e. The predicted molar refractivity (Wildman–Crippen MR) is 94.5 cm³/mol. The maximum atomic E-state index is 13.8. The monoisotopic (exact) mass is 346 g/mol. The number of nitrogens with two attached hydrogens (primary N) is 1. The number of ether oxygens (including phenoxy) is 1. The second kappa shape index (κ2) is 6.05. The molecule has 0 aliphatic carbocycles. The first-order valence-electron chi connectivity index (χ1n) is 8.07. The van der Waals surface area contributed by atoms with Crippen LogP contribution in [0.25, 0.3) is 11.3 Å². The van der Waals surface area contributed by atoms with E-state index in [1.165, 1.54) is 12.1 Å². The van der Waals surface area contributed by atoms with Gasteiger partial charge in [0.25, 0.3) is 0 Å². The maximum absolute atomic E-state index is 13.8. The molecule has 1 aliphatic heterocycles. The van der Waals surface area contributed by atoms with Crippen molar-refractivity contribution in [3.8, 4) is 23.2 Å². The van der Waals surface area contributed by atoms with Crippen LogP contribution in [0.2, 0.25) is 0 Å². The van der Waals surface area contributed by atoms with E-state index in [1.54, 1.807) is 12.1 Å². The van der Waals surface area contributed by atoms with Crippen LogP contribution in [0.15, 0.2) is 60.0 Å².